The van der Waals surface area contributed by atoms with Gasteiger partial charge in [-0.15, -0.1) is 0 Å². The predicted molar refractivity (Wildman–Crippen MR) is 274 cm³/mol. The second-order valence-corrected chi connectivity index (χ2v) is 19.0. The van der Waals surface area contributed by atoms with Crippen LogP contribution < -0.4 is 71.6 Å². The number of benzene rings is 1. The number of aliphatic carboxylic acids is 1. The van der Waals surface area contributed by atoms with E-state index in [0.717, 1.165) is 11.8 Å². The van der Waals surface area contributed by atoms with Gasteiger partial charge in [0.25, 0.3) is 0 Å². The van der Waals surface area contributed by atoms with E-state index in [-0.39, 0.29) is 82.1 Å². The van der Waals surface area contributed by atoms with E-state index >= 15 is 0 Å². The van der Waals surface area contributed by atoms with Gasteiger partial charge >= 0.3 is 5.97 Å². The predicted octanol–water partition coefficient (Wildman–Crippen LogP) is -7.39. The van der Waals surface area contributed by atoms with Crippen LogP contribution in [0.3, 0.4) is 0 Å². The van der Waals surface area contributed by atoms with E-state index in [1.807, 2.05) is 0 Å². The number of hydrogen-bond donors (Lipinski definition) is 17. The number of carboxylic acids is 1. The van der Waals surface area contributed by atoms with Crippen LogP contribution in [0.15, 0.2) is 29.3 Å². The Balaban J connectivity index is 2.45. The zero-order chi connectivity index (χ0) is 59.0. The first-order valence-electron chi connectivity index (χ1n) is 24.9. The van der Waals surface area contributed by atoms with Gasteiger partial charge in [0.1, 0.15) is 48.0 Å². The molecule has 0 aromatic heterocycles. The summed E-state index contributed by atoms with van der Waals surface area (Å²) in [6.07, 6.45) is -3.92. The SMILES string of the molecule is CC(C)C[C@H](NC(=O)[C@@H]1CCCN1C(=O)[C@H](Cc1ccc(O)cc1)NC(=O)[C@H](CO)NC(=O)[C@H](CC(N)=O)NC(=O)[C@H](CCCN=C(N)N)NC(=O)[C@H](CCC(N)=O)NC(=O)[C@@H](N)CCC(N)=O)C(=O)N[C@H](C(=O)O)[C@@H](C)O. The third-order valence-electron chi connectivity index (χ3n) is 12.0. The van der Waals surface area contributed by atoms with Crippen LogP contribution in [0.25, 0.3) is 0 Å². The van der Waals surface area contributed by atoms with Crippen LogP contribution in [0.4, 0.5) is 0 Å². The van der Waals surface area contributed by atoms with Crippen LogP contribution in [-0.4, -0.2) is 182 Å². The number of aliphatic hydroxyl groups excluding tert-OH is 2. The number of aromatic hydroxyl groups is 1. The highest BCUT2D eigenvalue weighted by atomic mass is 16.4. The number of carboxylic acid groups (broad SMARTS) is 1. The van der Waals surface area contributed by atoms with Gasteiger partial charge in [-0.1, -0.05) is 26.0 Å². The van der Waals surface area contributed by atoms with Crippen LogP contribution in [0.1, 0.15) is 90.5 Å². The number of carbonyl (C=O) groups is 12. The number of aliphatic imine (C=N–C) groups is 1. The molecular weight excluding hydrogens is 1030 g/mol. The minimum Gasteiger partial charge on any atom is -0.508 e. The summed E-state index contributed by atoms with van der Waals surface area (Å²) in [5.74, 6) is -13.1. The molecule has 0 saturated carbocycles. The van der Waals surface area contributed by atoms with Crippen molar-refractivity contribution >= 4 is 76.9 Å². The summed E-state index contributed by atoms with van der Waals surface area (Å²) >= 11 is 0. The summed E-state index contributed by atoms with van der Waals surface area (Å²) in [5.41, 5.74) is 32.9. The fourth-order valence-electron chi connectivity index (χ4n) is 7.91. The summed E-state index contributed by atoms with van der Waals surface area (Å²) < 4.78 is 0. The lowest BCUT2D eigenvalue weighted by Gasteiger charge is -2.31. The number of rotatable bonds is 34. The number of nitrogens with zero attached hydrogens (tertiary/aromatic N) is 2. The summed E-state index contributed by atoms with van der Waals surface area (Å²) in [6, 6.07) is -8.65. The second kappa shape index (κ2) is 32.4. The molecule has 0 radical (unpaired) electrons. The average molecular weight is 1110 g/mol. The zero-order valence-corrected chi connectivity index (χ0v) is 43.6. The van der Waals surface area contributed by atoms with Crippen LogP contribution in [0.5, 0.6) is 5.75 Å². The summed E-state index contributed by atoms with van der Waals surface area (Å²) in [7, 11) is 0. The minimum atomic E-state index is -1.91. The molecule has 1 aromatic carbocycles. The molecule has 31 heteroatoms. The van der Waals surface area contributed by atoms with Crippen LogP contribution >= 0.6 is 0 Å². The number of phenols is 1. The van der Waals surface area contributed by atoms with Gasteiger partial charge in [0.15, 0.2) is 12.0 Å². The molecule has 2 rings (SSSR count). The molecule has 0 bridgehead atoms. The summed E-state index contributed by atoms with van der Waals surface area (Å²) in [5, 5.41) is 56.3. The van der Waals surface area contributed by atoms with E-state index in [1.165, 1.54) is 24.3 Å². The Bertz CT molecular complexity index is 2330. The molecule has 78 heavy (non-hydrogen) atoms. The molecule has 1 heterocycles. The summed E-state index contributed by atoms with van der Waals surface area (Å²) in [6.45, 7) is 3.38. The molecule has 434 valence electrons. The molecule has 0 unspecified atom stereocenters. The highest BCUT2D eigenvalue weighted by Crippen LogP contribution is 2.22. The molecule has 1 aliphatic rings. The van der Waals surface area contributed by atoms with E-state index in [4.69, 9.17) is 34.4 Å². The number of hydrogen-bond acceptors (Lipinski definition) is 17. The summed E-state index contributed by atoms with van der Waals surface area (Å²) in [4.78, 5) is 162. The number of amides is 11. The van der Waals surface area contributed by atoms with Crippen molar-refractivity contribution in [3.8, 4) is 5.75 Å². The van der Waals surface area contributed by atoms with Gasteiger partial charge in [-0.3, -0.25) is 57.7 Å². The molecule has 11 amide bonds. The minimum absolute atomic E-state index is 0.00546. The van der Waals surface area contributed by atoms with Crippen molar-refractivity contribution in [2.45, 2.75) is 152 Å². The number of aliphatic hydroxyl groups is 2. The largest absolute Gasteiger partial charge is 0.508 e. The smallest absolute Gasteiger partial charge is 0.328 e. The van der Waals surface area contributed by atoms with Crippen molar-refractivity contribution in [2.24, 2.45) is 45.3 Å². The Morgan fingerprint density at radius 3 is 1.71 bits per heavy atom. The van der Waals surface area contributed by atoms with Crippen molar-refractivity contribution < 1.29 is 78.0 Å². The van der Waals surface area contributed by atoms with Crippen molar-refractivity contribution in [1.82, 2.24) is 42.1 Å². The van der Waals surface area contributed by atoms with Crippen LogP contribution in [0.2, 0.25) is 0 Å². The fourth-order valence-corrected chi connectivity index (χ4v) is 7.91. The average Bonchev–Trinajstić information content (AvgIpc) is 3.85. The van der Waals surface area contributed by atoms with Gasteiger partial charge in [0, 0.05) is 32.4 Å². The third-order valence-corrected chi connectivity index (χ3v) is 12.0. The van der Waals surface area contributed by atoms with E-state index in [0.29, 0.717) is 5.56 Å². The highest BCUT2D eigenvalue weighted by Gasteiger charge is 2.41. The Morgan fingerprint density at radius 2 is 1.17 bits per heavy atom. The lowest BCUT2D eigenvalue weighted by molar-refractivity contribution is -0.146. The standard InChI is InChI=1S/C47H75N15O16/c1-22(2)18-29(42(73)61-37(23(3)64)46(77)78)58-44(75)33-7-5-17-62(33)45(76)31(19-24-8-10-25(65)11-9-24)59-43(74)32(21-63)60-41(72)30(20-36(51)68)57-39(70)27(6-4-16-54-47(52)53)56-40(71)28(13-15-35(50)67)55-38(69)26(48)12-14-34(49)66/h8-11,22-23,26-33,37,63-65H,4-7,12-21,48H2,1-3H3,(H2,49,66)(H2,50,67)(H2,51,68)(H,55,69)(H,56,71)(H,57,70)(H,58,75)(H,59,74)(H,60,72)(H,61,73)(H,77,78)(H4,52,53,54)/t23-,26+,27+,28+,29+,30+,31+,32+,33+,37+/m1/s1. The van der Waals surface area contributed by atoms with E-state index in [9.17, 15) is 78.0 Å². The molecule has 31 nitrogen and oxygen atoms in total. The third kappa shape index (κ3) is 23.0. The molecule has 23 N–H and O–H groups in total. The first kappa shape index (κ1) is 65.9. The van der Waals surface area contributed by atoms with Gasteiger partial charge in [-0.25, -0.2) is 4.79 Å². The number of phenolic OH excluding ortho intramolecular Hbond substituents is 1. The number of nitrogens with one attached hydrogen (secondary N) is 7. The lowest BCUT2D eigenvalue weighted by atomic mass is 10.0. The number of primary amides is 3. The maximum Gasteiger partial charge on any atom is 0.328 e. The molecule has 1 saturated heterocycles. The fraction of sp³-hybridized carbons (Fsp3) is 0.596. The molecule has 0 aliphatic carbocycles. The zero-order valence-electron chi connectivity index (χ0n) is 43.6. The molecular formula is C47H75N15O16. The van der Waals surface area contributed by atoms with Gasteiger partial charge in [0.2, 0.25) is 65.0 Å². The maximum absolute atomic E-state index is 14.5. The van der Waals surface area contributed by atoms with E-state index in [2.05, 4.69) is 42.2 Å². The second-order valence-electron chi connectivity index (χ2n) is 19.0. The number of likely N-dealkylation sites (tertiary alicyclic amines) is 1. The first-order valence-corrected chi connectivity index (χ1v) is 24.9. The molecule has 1 aliphatic heterocycles. The van der Waals surface area contributed by atoms with Crippen molar-refractivity contribution in [2.75, 3.05) is 19.7 Å². The lowest BCUT2D eigenvalue weighted by Crippen LogP contribution is -2.61. The molecule has 1 aromatic rings. The highest BCUT2D eigenvalue weighted by molar-refractivity contribution is 5.99. The van der Waals surface area contributed by atoms with Crippen LogP contribution in [0, 0.1) is 5.92 Å². The molecule has 10 atom stereocenters. The molecule has 1 fully saturated rings. The Hall–Kier alpha value is -8.19. The van der Waals surface area contributed by atoms with E-state index < -0.39 is 157 Å². The Kier molecular flexibility index (Phi) is 27.4. The van der Waals surface area contributed by atoms with Gasteiger partial charge in [0.05, 0.1) is 25.2 Å². The molecule has 0 spiro atoms. The van der Waals surface area contributed by atoms with Crippen LogP contribution in [-0.2, 0) is 64.0 Å². The number of guanidine groups is 1. The Morgan fingerprint density at radius 1 is 0.654 bits per heavy atom. The normalized spacial score (nSPS) is 16.4. The number of carbonyl (C=O) groups excluding carboxylic acids is 11. The van der Waals surface area contributed by atoms with E-state index in [1.54, 1.807) is 13.8 Å². The maximum atomic E-state index is 14.5. The number of nitrogens with two attached hydrogens (primary N) is 6. The first-order chi connectivity index (χ1) is 36.5. The van der Waals surface area contributed by atoms with Crippen molar-refractivity contribution in [3.05, 3.63) is 29.8 Å². The van der Waals surface area contributed by atoms with Gasteiger partial charge < -0.3 is 96.9 Å². The van der Waals surface area contributed by atoms with Gasteiger partial charge in [-0.05, 0) is 75.5 Å². The van der Waals surface area contributed by atoms with Crippen molar-refractivity contribution in [1.29, 1.82) is 0 Å². The van der Waals surface area contributed by atoms with Gasteiger partial charge in [-0.2, -0.15) is 0 Å². The quantitative estimate of drug-likeness (QED) is 0.0173. The topological polar surface area (TPSA) is 542 Å². The van der Waals surface area contributed by atoms with Crippen molar-refractivity contribution in [3.63, 3.8) is 0 Å². The Labute approximate surface area is 448 Å². The monoisotopic (exact) mass is 1110 g/mol.